The third-order valence-electron chi connectivity index (χ3n) is 2.01. The molecule has 0 amide bonds. The Bertz CT molecular complexity index is 246. The van der Waals surface area contributed by atoms with Crippen LogP contribution in [0, 0.1) is 0 Å². The van der Waals surface area contributed by atoms with Gasteiger partial charge in [-0.15, -0.1) is 6.58 Å². The summed E-state index contributed by atoms with van der Waals surface area (Å²) in [5.41, 5.74) is 1.30. The molecule has 1 atom stereocenters. The van der Waals surface area contributed by atoms with Crippen molar-refractivity contribution in [2.24, 2.45) is 0 Å². The first kappa shape index (κ1) is 10.2. The Kier molecular flexibility index (Phi) is 4.50. The van der Waals surface area contributed by atoms with Crippen molar-refractivity contribution in [1.82, 2.24) is 5.32 Å². The van der Waals surface area contributed by atoms with E-state index >= 15 is 0 Å². The molecule has 1 unspecified atom stereocenters. The molecule has 1 rings (SSSR count). The third kappa shape index (κ3) is 3.17. The van der Waals surface area contributed by atoms with Crippen LogP contribution in [-0.4, -0.2) is 16.8 Å². The van der Waals surface area contributed by atoms with Crippen molar-refractivity contribution >= 4 is 10.2 Å². The molecule has 0 saturated carbocycles. The molecule has 0 bridgehead atoms. The van der Waals surface area contributed by atoms with Crippen LogP contribution >= 0.6 is 0 Å². The van der Waals surface area contributed by atoms with Crippen LogP contribution in [0.1, 0.15) is 11.6 Å². The van der Waals surface area contributed by atoms with E-state index < -0.39 is 0 Å². The number of nitrogens with one attached hydrogen (secondary N) is 1. The molecule has 13 heavy (non-hydrogen) atoms. The first-order valence-corrected chi connectivity index (χ1v) is 6.20. The summed E-state index contributed by atoms with van der Waals surface area (Å²) < 4.78 is 0. The minimum Gasteiger partial charge on any atom is -0.307 e. The second-order valence-corrected chi connectivity index (χ2v) is 4.08. The van der Waals surface area contributed by atoms with Gasteiger partial charge in [0.05, 0.1) is 6.04 Å². The van der Waals surface area contributed by atoms with Crippen molar-refractivity contribution < 1.29 is 0 Å². The zero-order chi connectivity index (χ0) is 9.52. The molecule has 0 aliphatic rings. The zero-order valence-electron chi connectivity index (χ0n) is 8.16. The summed E-state index contributed by atoms with van der Waals surface area (Å²) in [6, 6.07) is 12.0. The fraction of sp³-hybridized carbons (Fsp3) is 0.273. The molecule has 1 aromatic rings. The summed E-state index contributed by atoms with van der Waals surface area (Å²) in [6.07, 6.45) is 1.96. The normalized spacial score (nSPS) is 12.6. The third-order valence-corrected chi connectivity index (χ3v) is 2.51. The molecule has 1 N–H and O–H groups in total. The zero-order valence-corrected chi connectivity index (χ0v) is 10.2. The summed E-state index contributed by atoms with van der Waals surface area (Å²) in [5, 5.41) is 3.45. The van der Waals surface area contributed by atoms with Gasteiger partial charge in [0.2, 0.25) is 0 Å². The second kappa shape index (κ2) is 5.73. The van der Waals surface area contributed by atoms with Crippen LogP contribution < -0.4 is 5.32 Å². The van der Waals surface area contributed by atoms with Gasteiger partial charge in [0.1, 0.15) is 0 Å². The standard InChI is InChI=1S/C11H17NSi/c1-2-11(12-8-9-13)10-6-4-3-5-7-10/h2-7,11-12H,1,8-9H2,13H3. The van der Waals surface area contributed by atoms with Gasteiger partial charge in [0.15, 0.2) is 0 Å². The quantitative estimate of drug-likeness (QED) is 0.546. The van der Waals surface area contributed by atoms with Gasteiger partial charge < -0.3 is 5.32 Å². The molecule has 1 aromatic carbocycles. The van der Waals surface area contributed by atoms with Crippen molar-refractivity contribution in [3.05, 3.63) is 48.6 Å². The molecular formula is C11H17NSi. The number of benzene rings is 1. The highest BCUT2D eigenvalue weighted by atomic mass is 28.1. The van der Waals surface area contributed by atoms with Gasteiger partial charge >= 0.3 is 0 Å². The van der Waals surface area contributed by atoms with Crippen LogP contribution in [0.2, 0.25) is 6.04 Å². The van der Waals surface area contributed by atoms with E-state index in [4.69, 9.17) is 0 Å². The van der Waals surface area contributed by atoms with Crippen molar-refractivity contribution in [1.29, 1.82) is 0 Å². The summed E-state index contributed by atoms with van der Waals surface area (Å²) in [6.45, 7) is 4.93. The second-order valence-electron chi connectivity index (χ2n) is 3.08. The first-order valence-electron chi connectivity index (χ1n) is 4.79. The van der Waals surface area contributed by atoms with Crippen LogP contribution in [-0.2, 0) is 0 Å². The Morgan fingerprint density at radius 3 is 2.62 bits per heavy atom. The summed E-state index contributed by atoms with van der Waals surface area (Å²) in [7, 11) is 1.26. The highest BCUT2D eigenvalue weighted by Crippen LogP contribution is 2.12. The van der Waals surface area contributed by atoms with E-state index in [2.05, 4.69) is 36.2 Å². The molecule has 0 aromatic heterocycles. The predicted octanol–water partition coefficient (Wildman–Crippen LogP) is 1.29. The van der Waals surface area contributed by atoms with Crippen molar-refractivity contribution in [3.8, 4) is 0 Å². The molecule has 0 radical (unpaired) electrons. The lowest BCUT2D eigenvalue weighted by molar-refractivity contribution is 0.649. The molecule has 1 nitrogen and oxygen atoms in total. The lowest BCUT2D eigenvalue weighted by Crippen LogP contribution is -2.20. The maximum atomic E-state index is 3.84. The average molecular weight is 191 g/mol. The molecule has 0 aliphatic carbocycles. The lowest BCUT2D eigenvalue weighted by Gasteiger charge is -2.13. The molecule has 2 heteroatoms. The largest absolute Gasteiger partial charge is 0.307 e. The number of hydrogen-bond acceptors (Lipinski definition) is 1. The van der Waals surface area contributed by atoms with Gasteiger partial charge in [0.25, 0.3) is 0 Å². The molecule has 0 aliphatic heterocycles. The van der Waals surface area contributed by atoms with E-state index in [-0.39, 0.29) is 0 Å². The minimum absolute atomic E-state index is 0.315. The number of rotatable bonds is 5. The Morgan fingerprint density at radius 2 is 2.08 bits per heavy atom. The van der Waals surface area contributed by atoms with Gasteiger partial charge in [-0.05, 0) is 12.1 Å². The van der Waals surface area contributed by atoms with Crippen LogP contribution in [0.5, 0.6) is 0 Å². The molecule has 0 spiro atoms. The molecule has 0 fully saturated rings. The van der Waals surface area contributed by atoms with Gasteiger partial charge in [-0.25, -0.2) is 0 Å². The van der Waals surface area contributed by atoms with E-state index in [1.54, 1.807) is 0 Å². The number of hydrogen-bond donors (Lipinski definition) is 1. The van der Waals surface area contributed by atoms with E-state index in [0.717, 1.165) is 6.54 Å². The van der Waals surface area contributed by atoms with Gasteiger partial charge in [-0.3, -0.25) is 0 Å². The maximum Gasteiger partial charge on any atom is 0.0503 e. The highest BCUT2D eigenvalue weighted by Gasteiger charge is 2.03. The first-order chi connectivity index (χ1) is 6.38. The van der Waals surface area contributed by atoms with Crippen molar-refractivity contribution in [2.75, 3.05) is 6.54 Å². The topological polar surface area (TPSA) is 12.0 Å². The predicted molar refractivity (Wildman–Crippen MR) is 62.1 cm³/mol. The Balaban J connectivity index is 2.61. The summed E-state index contributed by atoms with van der Waals surface area (Å²) in [4.78, 5) is 0. The summed E-state index contributed by atoms with van der Waals surface area (Å²) >= 11 is 0. The van der Waals surface area contributed by atoms with E-state index in [9.17, 15) is 0 Å². The van der Waals surface area contributed by atoms with Gasteiger partial charge in [0, 0.05) is 10.2 Å². The SMILES string of the molecule is C=CC(NCC[SiH3])c1ccccc1. The molecule has 0 heterocycles. The minimum atomic E-state index is 0.315. The fourth-order valence-corrected chi connectivity index (χ4v) is 1.59. The van der Waals surface area contributed by atoms with Crippen molar-refractivity contribution in [3.63, 3.8) is 0 Å². The smallest absolute Gasteiger partial charge is 0.0503 e. The lowest BCUT2D eigenvalue weighted by atomic mass is 10.1. The fourth-order valence-electron chi connectivity index (χ4n) is 1.30. The van der Waals surface area contributed by atoms with Crippen LogP contribution in [0.4, 0.5) is 0 Å². The highest BCUT2D eigenvalue weighted by molar-refractivity contribution is 6.08. The van der Waals surface area contributed by atoms with E-state index in [1.807, 2.05) is 12.1 Å². The Hall–Kier alpha value is -0.863. The summed E-state index contributed by atoms with van der Waals surface area (Å²) in [5.74, 6) is 0. The monoisotopic (exact) mass is 191 g/mol. The van der Waals surface area contributed by atoms with Gasteiger partial charge in [-0.2, -0.15) is 0 Å². The Labute approximate surface area is 83.3 Å². The maximum absolute atomic E-state index is 3.84. The van der Waals surface area contributed by atoms with E-state index in [0.29, 0.717) is 6.04 Å². The average Bonchev–Trinajstić information content (AvgIpc) is 2.21. The van der Waals surface area contributed by atoms with Crippen LogP contribution in [0.3, 0.4) is 0 Å². The molecular weight excluding hydrogens is 174 g/mol. The van der Waals surface area contributed by atoms with Gasteiger partial charge in [-0.1, -0.05) is 42.5 Å². The van der Waals surface area contributed by atoms with Crippen LogP contribution in [0.25, 0.3) is 0 Å². The van der Waals surface area contributed by atoms with Crippen LogP contribution in [0.15, 0.2) is 43.0 Å². The molecule has 70 valence electrons. The van der Waals surface area contributed by atoms with Crippen molar-refractivity contribution in [2.45, 2.75) is 12.1 Å². The van der Waals surface area contributed by atoms with E-state index in [1.165, 1.54) is 21.9 Å². The Morgan fingerprint density at radius 1 is 1.38 bits per heavy atom. The molecule has 0 saturated heterocycles.